The van der Waals surface area contributed by atoms with Crippen molar-refractivity contribution < 1.29 is 19.4 Å². The van der Waals surface area contributed by atoms with Crippen molar-refractivity contribution in [3.8, 4) is 5.75 Å². The molecule has 1 unspecified atom stereocenters. The number of ether oxygens (including phenoxy) is 1. The van der Waals surface area contributed by atoms with E-state index in [0.717, 1.165) is 5.56 Å². The van der Waals surface area contributed by atoms with Gasteiger partial charge >= 0.3 is 0 Å². The molecule has 1 saturated heterocycles. The molecule has 0 spiro atoms. The Hall–Kier alpha value is -2.54. The summed E-state index contributed by atoms with van der Waals surface area (Å²) in [7, 11) is 0. The zero-order chi connectivity index (χ0) is 22.8. The maximum atomic E-state index is 12.6. The second kappa shape index (κ2) is 9.53. The minimum atomic E-state index is -0.839. The summed E-state index contributed by atoms with van der Waals surface area (Å²) in [6, 6.07) is 12.5. The highest BCUT2D eigenvalue weighted by Gasteiger charge is 2.33. The minimum Gasteiger partial charge on any atom is -0.480 e. The van der Waals surface area contributed by atoms with Crippen LogP contribution in [0, 0.1) is 0 Å². The van der Waals surface area contributed by atoms with Gasteiger partial charge in [-0.1, -0.05) is 41.9 Å². The quantitative estimate of drug-likeness (QED) is 0.656. The molecular formula is C24H24Cl2N2O4. The third kappa shape index (κ3) is 5.09. The molecule has 2 aliphatic heterocycles. The van der Waals surface area contributed by atoms with E-state index in [1.807, 2.05) is 24.3 Å². The zero-order valence-electron chi connectivity index (χ0n) is 17.4. The Morgan fingerprint density at radius 1 is 1.19 bits per heavy atom. The van der Waals surface area contributed by atoms with E-state index < -0.39 is 12.2 Å². The fourth-order valence-corrected chi connectivity index (χ4v) is 4.42. The Morgan fingerprint density at radius 2 is 1.91 bits per heavy atom. The van der Waals surface area contributed by atoms with E-state index >= 15 is 0 Å². The lowest BCUT2D eigenvalue weighted by molar-refractivity contribution is -0.129. The van der Waals surface area contributed by atoms with Gasteiger partial charge in [-0.3, -0.25) is 9.59 Å². The highest BCUT2D eigenvalue weighted by atomic mass is 35.5. The van der Waals surface area contributed by atoms with Gasteiger partial charge in [-0.2, -0.15) is 0 Å². The number of hydrogen-bond donors (Lipinski definition) is 2. The Kier molecular flexibility index (Phi) is 6.74. The first kappa shape index (κ1) is 22.6. The van der Waals surface area contributed by atoms with E-state index in [-0.39, 0.29) is 24.2 Å². The number of halogens is 2. The third-order valence-electron chi connectivity index (χ3n) is 5.87. The molecule has 0 aromatic heterocycles. The molecular weight excluding hydrogens is 451 g/mol. The molecule has 2 aliphatic rings. The molecule has 3 atom stereocenters. The number of fused-ring (bicyclic) bond motifs is 1. The second-order valence-corrected chi connectivity index (χ2v) is 9.05. The van der Waals surface area contributed by atoms with Crippen molar-refractivity contribution in [2.75, 3.05) is 13.1 Å². The number of carbonyl (C=O) groups is 2. The summed E-state index contributed by atoms with van der Waals surface area (Å²) < 4.78 is 5.74. The minimum absolute atomic E-state index is 0.0816. The molecule has 6 nitrogen and oxygen atoms in total. The molecule has 32 heavy (non-hydrogen) atoms. The van der Waals surface area contributed by atoms with Crippen LogP contribution in [-0.4, -0.2) is 41.0 Å². The van der Waals surface area contributed by atoms with Crippen molar-refractivity contribution in [1.29, 1.82) is 0 Å². The van der Waals surface area contributed by atoms with Crippen LogP contribution in [0.5, 0.6) is 5.75 Å². The predicted octanol–water partition coefficient (Wildman–Crippen LogP) is 4.21. The number of hydrogen-bond acceptors (Lipinski definition) is 4. The number of nitrogens with one attached hydrogen (secondary N) is 1. The van der Waals surface area contributed by atoms with Crippen LogP contribution >= 0.6 is 23.2 Å². The molecule has 2 aromatic carbocycles. The Labute approximate surface area is 196 Å². The Balaban J connectivity index is 1.28. The summed E-state index contributed by atoms with van der Waals surface area (Å²) >= 11 is 11.9. The zero-order valence-corrected chi connectivity index (χ0v) is 18.9. The molecule has 0 radical (unpaired) electrons. The van der Waals surface area contributed by atoms with Crippen molar-refractivity contribution in [3.05, 3.63) is 75.9 Å². The number of nitrogens with zero attached hydrogens (tertiary/aromatic N) is 1. The van der Waals surface area contributed by atoms with Gasteiger partial charge in [0.05, 0.1) is 6.10 Å². The van der Waals surface area contributed by atoms with E-state index in [9.17, 15) is 14.7 Å². The largest absolute Gasteiger partial charge is 0.480 e. The van der Waals surface area contributed by atoms with Crippen molar-refractivity contribution >= 4 is 35.0 Å². The van der Waals surface area contributed by atoms with Gasteiger partial charge in [-0.25, -0.2) is 0 Å². The molecule has 0 aliphatic carbocycles. The number of likely N-dealkylation sites (tertiary alicyclic amines) is 1. The fourth-order valence-electron chi connectivity index (χ4n) is 4.11. The van der Waals surface area contributed by atoms with E-state index in [4.69, 9.17) is 27.9 Å². The van der Waals surface area contributed by atoms with E-state index in [1.54, 1.807) is 23.1 Å². The molecule has 168 valence electrons. The standard InChI is InChI=1S/C24H24Cl2N2O4/c1-14(8-9-28-13-16(10-23(28)30)15-2-4-17(25)5-3-15)27-24(31)22-12-20(29)19-11-18(26)6-7-21(19)32-22/h2-7,11,16,20,22,29H,1,8-10,12-13H2,(H,27,31)/t16?,20-,22-/m1/s1. The first-order chi connectivity index (χ1) is 15.3. The van der Waals surface area contributed by atoms with Crippen molar-refractivity contribution in [2.45, 2.75) is 37.4 Å². The van der Waals surface area contributed by atoms with Gasteiger partial charge in [-0.05, 0) is 35.9 Å². The van der Waals surface area contributed by atoms with Crippen LogP contribution in [0.25, 0.3) is 0 Å². The van der Waals surface area contributed by atoms with E-state index in [2.05, 4.69) is 11.9 Å². The number of aliphatic hydroxyl groups excluding tert-OH is 1. The summed E-state index contributed by atoms with van der Waals surface area (Å²) in [5.74, 6) is 0.280. The number of amides is 2. The highest BCUT2D eigenvalue weighted by molar-refractivity contribution is 6.30. The smallest absolute Gasteiger partial charge is 0.265 e. The lowest BCUT2D eigenvalue weighted by Gasteiger charge is -2.29. The topological polar surface area (TPSA) is 78.9 Å². The fraction of sp³-hybridized carbons (Fsp3) is 0.333. The van der Waals surface area contributed by atoms with Crippen LogP contribution in [0.3, 0.4) is 0 Å². The van der Waals surface area contributed by atoms with Gasteiger partial charge in [0.1, 0.15) is 5.75 Å². The molecule has 2 heterocycles. The number of aliphatic hydroxyl groups is 1. The van der Waals surface area contributed by atoms with Crippen LogP contribution in [0.4, 0.5) is 0 Å². The van der Waals surface area contributed by atoms with Crippen LogP contribution in [-0.2, 0) is 9.59 Å². The van der Waals surface area contributed by atoms with Crippen molar-refractivity contribution in [3.63, 3.8) is 0 Å². The van der Waals surface area contributed by atoms with Crippen LogP contribution < -0.4 is 10.1 Å². The number of rotatable bonds is 6. The summed E-state index contributed by atoms with van der Waals surface area (Å²) in [6.07, 6.45) is -0.657. The van der Waals surface area contributed by atoms with E-state index in [1.165, 1.54) is 0 Å². The summed E-state index contributed by atoms with van der Waals surface area (Å²) in [4.78, 5) is 26.8. The van der Waals surface area contributed by atoms with Gasteiger partial charge in [-0.15, -0.1) is 0 Å². The molecule has 4 rings (SSSR count). The van der Waals surface area contributed by atoms with Gasteiger partial charge in [0.2, 0.25) is 5.91 Å². The van der Waals surface area contributed by atoms with Crippen molar-refractivity contribution in [1.82, 2.24) is 10.2 Å². The predicted molar refractivity (Wildman–Crippen MR) is 123 cm³/mol. The summed E-state index contributed by atoms with van der Waals surface area (Å²) in [5.41, 5.74) is 2.16. The van der Waals surface area contributed by atoms with E-state index in [0.29, 0.717) is 53.0 Å². The Bertz CT molecular complexity index is 1040. The molecule has 1 fully saturated rings. The number of benzene rings is 2. The highest BCUT2D eigenvalue weighted by Crippen LogP contribution is 2.36. The van der Waals surface area contributed by atoms with Crippen LogP contribution in [0.1, 0.15) is 42.4 Å². The molecule has 8 heteroatoms. The van der Waals surface area contributed by atoms with Crippen molar-refractivity contribution in [2.24, 2.45) is 0 Å². The van der Waals surface area contributed by atoms with Gasteiger partial charge in [0.25, 0.3) is 5.91 Å². The van der Waals surface area contributed by atoms with Crippen LogP contribution in [0.15, 0.2) is 54.7 Å². The monoisotopic (exact) mass is 474 g/mol. The lowest BCUT2D eigenvalue weighted by Crippen LogP contribution is -2.41. The Morgan fingerprint density at radius 3 is 2.66 bits per heavy atom. The molecule has 0 bridgehead atoms. The van der Waals surface area contributed by atoms with Gasteiger partial charge in [0.15, 0.2) is 6.10 Å². The van der Waals surface area contributed by atoms with Gasteiger partial charge < -0.3 is 20.1 Å². The van der Waals surface area contributed by atoms with Gasteiger partial charge in [0, 0.05) is 59.6 Å². The molecule has 2 N–H and O–H groups in total. The molecule has 0 saturated carbocycles. The maximum absolute atomic E-state index is 12.6. The first-order valence-electron chi connectivity index (χ1n) is 10.5. The molecule has 2 aromatic rings. The first-order valence-corrected chi connectivity index (χ1v) is 11.2. The van der Waals surface area contributed by atoms with Crippen LogP contribution in [0.2, 0.25) is 10.0 Å². The average Bonchev–Trinajstić information content (AvgIpc) is 3.13. The summed E-state index contributed by atoms with van der Waals surface area (Å²) in [6.45, 7) is 5.01. The lowest BCUT2D eigenvalue weighted by atomic mass is 9.98. The maximum Gasteiger partial charge on any atom is 0.265 e. The normalized spacial score (nSPS) is 22.3. The number of carbonyl (C=O) groups excluding carboxylic acids is 2. The third-order valence-corrected chi connectivity index (χ3v) is 6.36. The summed E-state index contributed by atoms with van der Waals surface area (Å²) in [5, 5.41) is 14.3. The molecule has 2 amide bonds. The SMILES string of the molecule is C=C(CCN1CC(c2ccc(Cl)cc2)CC1=O)NC(=O)[C@H]1C[C@@H](O)c2cc(Cl)ccc2O1. The average molecular weight is 475 g/mol. The second-order valence-electron chi connectivity index (χ2n) is 8.18.